The lowest BCUT2D eigenvalue weighted by Gasteiger charge is -2.34. The highest BCUT2D eigenvalue weighted by atomic mass is 19.1. The molecule has 1 aliphatic rings. The number of aromatic nitrogens is 3. The van der Waals surface area contributed by atoms with Crippen LogP contribution in [0.15, 0.2) is 55.1 Å². The van der Waals surface area contributed by atoms with Gasteiger partial charge in [0.1, 0.15) is 0 Å². The van der Waals surface area contributed by atoms with Crippen LogP contribution in [0.25, 0.3) is 0 Å². The van der Waals surface area contributed by atoms with Crippen molar-refractivity contribution < 1.29 is 9.18 Å². The summed E-state index contributed by atoms with van der Waals surface area (Å²) in [5.41, 5.74) is 3.36. The maximum atomic E-state index is 14.0. The first-order valence-electron chi connectivity index (χ1n) is 8.08. The number of pyridine rings is 1. The molecule has 5 nitrogen and oxygen atoms in total. The number of carbonyl (C=O) groups is 1. The molecule has 126 valence electrons. The Bertz CT molecular complexity index is 936. The van der Waals surface area contributed by atoms with Crippen molar-refractivity contribution in [1.29, 1.82) is 0 Å². The molecule has 0 bridgehead atoms. The lowest BCUT2D eigenvalue weighted by molar-refractivity contribution is 0.0720. The van der Waals surface area contributed by atoms with Gasteiger partial charge in [-0.15, -0.1) is 0 Å². The maximum Gasteiger partial charge on any atom is 0.257 e. The Balaban J connectivity index is 1.73. The molecule has 3 aromatic rings. The highest BCUT2D eigenvalue weighted by Gasteiger charge is 2.31. The standard InChI is InChI=1S/C19H17FN4O/c1-23-10-14(8-22-23)17-12-24(11-13-4-2-3-5-15(13)17)19(25)16-6-7-21-9-18(16)20/h2-10,17H,11-12H2,1H3. The van der Waals surface area contributed by atoms with Crippen molar-refractivity contribution in [2.75, 3.05) is 6.54 Å². The van der Waals surface area contributed by atoms with Crippen molar-refractivity contribution in [3.05, 3.63) is 83.2 Å². The minimum absolute atomic E-state index is 0.0208. The van der Waals surface area contributed by atoms with Crippen LogP contribution in [0.4, 0.5) is 4.39 Å². The van der Waals surface area contributed by atoms with Gasteiger partial charge in [0, 0.05) is 38.4 Å². The van der Waals surface area contributed by atoms with E-state index < -0.39 is 5.82 Å². The smallest absolute Gasteiger partial charge is 0.257 e. The third-order valence-corrected chi connectivity index (χ3v) is 4.61. The van der Waals surface area contributed by atoms with Gasteiger partial charge >= 0.3 is 0 Å². The second-order valence-electron chi connectivity index (χ2n) is 6.24. The van der Waals surface area contributed by atoms with Crippen LogP contribution in [0.5, 0.6) is 0 Å². The summed E-state index contributed by atoms with van der Waals surface area (Å²) in [7, 11) is 1.87. The van der Waals surface area contributed by atoms with Gasteiger partial charge in [0.2, 0.25) is 0 Å². The number of hydrogen-bond donors (Lipinski definition) is 0. The number of nitrogens with zero attached hydrogens (tertiary/aromatic N) is 4. The van der Waals surface area contributed by atoms with Crippen molar-refractivity contribution in [2.24, 2.45) is 7.05 Å². The van der Waals surface area contributed by atoms with Gasteiger partial charge in [-0.2, -0.15) is 5.10 Å². The van der Waals surface area contributed by atoms with E-state index in [-0.39, 0.29) is 17.4 Å². The molecular formula is C19H17FN4O. The third-order valence-electron chi connectivity index (χ3n) is 4.61. The lowest BCUT2D eigenvalue weighted by Crippen LogP contribution is -2.39. The Morgan fingerprint density at radius 3 is 2.84 bits per heavy atom. The summed E-state index contributed by atoms with van der Waals surface area (Å²) < 4.78 is 15.7. The SMILES string of the molecule is Cn1cc(C2CN(C(=O)c3ccncc3F)Cc3ccccc32)cn1. The molecule has 1 unspecified atom stereocenters. The summed E-state index contributed by atoms with van der Waals surface area (Å²) in [6.45, 7) is 0.955. The molecule has 25 heavy (non-hydrogen) atoms. The highest BCUT2D eigenvalue weighted by Crippen LogP contribution is 2.34. The quantitative estimate of drug-likeness (QED) is 0.723. The van der Waals surface area contributed by atoms with Crippen molar-refractivity contribution in [3.8, 4) is 0 Å². The second kappa shape index (κ2) is 6.12. The Labute approximate surface area is 144 Å². The summed E-state index contributed by atoms with van der Waals surface area (Å²) in [5, 5.41) is 4.25. The molecule has 0 aliphatic carbocycles. The molecule has 0 N–H and O–H groups in total. The third kappa shape index (κ3) is 2.80. The molecule has 1 aliphatic heterocycles. The minimum atomic E-state index is -0.593. The Hall–Kier alpha value is -3.02. The van der Waals surface area contributed by atoms with Crippen molar-refractivity contribution in [2.45, 2.75) is 12.5 Å². The van der Waals surface area contributed by atoms with Crippen molar-refractivity contribution in [3.63, 3.8) is 0 Å². The van der Waals surface area contributed by atoms with E-state index in [0.29, 0.717) is 13.1 Å². The topological polar surface area (TPSA) is 51.0 Å². The molecule has 1 atom stereocenters. The summed E-state index contributed by atoms with van der Waals surface area (Å²) in [6, 6.07) is 9.49. The highest BCUT2D eigenvalue weighted by molar-refractivity contribution is 5.94. The number of aryl methyl sites for hydroxylation is 1. The van der Waals surface area contributed by atoms with E-state index in [1.165, 1.54) is 17.8 Å². The van der Waals surface area contributed by atoms with Crippen LogP contribution in [-0.2, 0) is 13.6 Å². The zero-order valence-corrected chi connectivity index (χ0v) is 13.8. The van der Waals surface area contributed by atoms with Crippen LogP contribution in [-0.4, -0.2) is 32.1 Å². The van der Waals surface area contributed by atoms with Gasteiger partial charge in [-0.3, -0.25) is 14.5 Å². The molecule has 0 radical (unpaired) electrons. The first-order chi connectivity index (χ1) is 12.1. The van der Waals surface area contributed by atoms with E-state index in [9.17, 15) is 9.18 Å². The number of halogens is 1. The average Bonchev–Trinajstić information content (AvgIpc) is 3.07. The molecule has 4 rings (SSSR count). The van der Waals surface area contributed by atoms with Gasteiger partial charge in [-0.1, -0.05) is 24.3 Å². The summed E-state index contributed by atoms with van der Waals surface area (Å²) in [6.07, 6.45) is 6.29. The Morgan fingerprint density at radius 1 is 1.24 bits per heavy atom. The summed E-state index contributed by atoms with van der Waals surface area (Å²) in [4.78, 5) is 18.3. The van der Waals surface area contributed by atoms with Crippen molar-refractivity contribution in [1.82, 2.24) is 19.7 Å². The van der Waals surface area contributed by atoms with Crippen LogP contribution in [0, 0.1) is 5.82 Å². The molecule has 0 saturated heterocycles. The van der Waals surface area contributed by atoms with Gasteiger partial charge in [0.15, 0.2) is 5.82 Å². The van der Waals surface area contributed by atoms with E-state index >= 15 is 0 Å². The molecule has 0 saturated carbocycles. The predicted octanol–water partition coefficient (Wildman–Crippen LogP) is 2.74. The number of benzene rings is 1. The molecule has 3 heterocycles. The zero-order valence-electron chi connectivity index (χ0n) is 13.8. The molecule has 1 amide bonds. The Morgan fingerprint density at radius 2 is 2.08 bits per heavy atom. The van der Waals surface area contributed by atoms with E-state index in [0.717, 1.165) is 17.3 Å². The van der Waals surface area contributed by atoms with E-state index in [4.69, 9.17) is 0 Å². The minimum Gasteiger partial charge on any atom is -0.333 e. The second-order valence-corrected chi connectivity index (χ2v) is 6.24. The molecule has 1 aromatic carbocycles. The number of hydrogen-bond acceptors (Lipinski definition) is 3. The first kappa shape index (κ1) is 15.5. The summed E-state index contributed by atoms with van der Waals surface area (Å²) >= 11 is 0. The van der Waals surface area contributed by atoms with E-state index in [2.05, 4.69) is 16.1 Å². The fraction of sp³-hybridized carbons (Fsp3) is 0.211. The molecule has 0 spiro atoms. The molecule has 6 heteroatoms. The largest absolute Gasteiger partial charge is 0.333 e. The van der Waals surface area contributed by atoms with Gasteiger partial charge in [0.05, 0.1) is 18.0 Å². The van der Waals surface area contributed by atoms with E-state index in [1.807, 2.05) is 37.6 Å². The van der Waals surface area contributed by atoms with Crippen LogP contribution in [0.2, 0.25) is 0 Å². The number of amides is 1. The fourth-order valence-electron chi connectivity index (χ4n) is 3.39. The number of carbonyl (C=O) groups excluding carboxylic acids is 1. The maximum absolute atomic E-state index is 14.0. The number of rotatable bonds is 2. The molecule has 2 aromatic heterocycles. The Kier molecular flexibility index (Phi) is 3.80. The lowest BCUT2D eigenvalue weighted by atomic mass is 9.86. The monoisotopic (exact) mass is 336 g/mol. The summed E-state index contributed by atoms with van der Waals surface area (Å²) in [5.74, 6) is -0.889. The van der Waals surface area contributed by atoms with Crippen molar-refractivity contribution >= 4 is 5.91 Å². The van der Waals surface area contributed by atoms with Crippen LogP contribution >= 0.6 is 0 Å². The first-order valence-corrected chi connectivity index (χ1v) is 8.08. The average molecular weight is 336 g/mol. The van der Waals surface area contributed by atoms with Crippen LogP contribution < -0.4 is 0 Å². The number of fused-ring (bicyclic) bond motifs is 1. The van der Waals surface area contributed by atoms with Crippen LogP contribution in [0.1, 0.15) is 33.0 Å². The fourth-order valence-corrected chi connectivity index (χ4v) is 3.39. The van der Waals surface area contributed by atoms with E-state index in [1.54, 1.807) is 9.58 Å². The van der Waals surface area contributed by atoms with Gasteiger partial charge < -0.3 is 4.90 Å². The van der Waals surface area contributed by atoms with Crippen LogP contribution in [0.3, 0.4) is 0 Å². The normalized spacial score (nSPS) is 16.6. The molecular weight excluding hydrogens is 319 g/mol. The van der Waals surface area contributed by atoms with Gasteiger partial charge in [0.25, 0.3) is 5.91 Å². The van der Waals surface area contributed by atoms with Gasteiger partial charge in [-0.25, -0.2) is 4.39 Å². The molecule has 0 fully saturated rings. The van der Waals surface area contributed by atoms with Gasteiger partial charge in [-0.05, 0) is 22.8 Å². The zero-order chi connectivity index (χ0) is 17.4. The predicted molar refractivity (Wildman–Crippen MR) is 90.4 cm³/mol.